The molecule has 1 fully saturated rings. The van der Waals surface area contributed by atoms with Crippen LogP contribution in [0.4, 0.5) is 5.69 Å². The normalized spacial score (nSPS) is 16.1. The van der Waals surface area contributed by atoms with Crippen molar-refractivity contribution in [2.45, 2.75) is 44.6 Å². The molecular formula is C21H28N4O2S. The van der Waals surface area contributed by atoms with Crippen LogP contribution in [-0.4, -0.2) is 31.8 Å². The third kappa shape index (κ3) is 4.91. The van der Waals surface area contributed by atoms with E-state index >= 15 is 0 Å². The van der Waals surface area contributed by atoms with E-state index in [4.69, 9.17) is 5.73 Å². The lowest BCUT2D eigenvalue weighted by atomic mass is 10.1. The van der Waals surface area contributed by atoms with Crippen LogP contribution >= 0.6 is 0 Å². The third-order valence-corrected chi connectivity index (χ3v) is 6.96. The fourth-order valence-electron chi connectivity index (χ4n) is 3.24. The Kier molecular flexibility index (Phi) is 6.36. The zero-order valence-electron chi connectivity index (χ0n) is 16.5. The lowest BCUT2D eigenvalue weighted by Gasteiger charge is -2.26. The number of rotatable bonds is 5. The van der Waals surface area contributed by atoms with Crippen molar-refractivity contribution < 1.29 is 8.42 Å². The highest BCUT2D eigenvalue weighted by atomic mass is 32.2. The molecule has 2 aromatic carbocycles. The molecule has 1 aliphatic rings. The van der Waals surface area contributed by atoms with Gasteiger partial charge in [-0.1, -0.05) is 24.6 Å². The number of hydrogen-bond acceptors (Lipinski definition) is 3. The highest BCUT2D eigenvalue weighted by Crippen LogP contribution is 2.21. The SMILES string of the molecule is Cc1ccc(NC(N)=NCc2cccc(S(=O)(=O)N3CCCCC3)c2)cc1C. The van der Waals surface area contributed by atoms with Gasteiger partial charge >= 0.3 is 0 Å². The predicted octanol–water partition coefficient (Wildman–Crippen LogP) is 3.40. The summed E-state index contributed by atoms with van der Waals surface area (Å²) in [6.07, 6.45) is 2.93. The fourth-order valence-corrected chi connectivity index (χ4v) is 4.83. The molecule has 2 aromatic rings. The maximum atomic E-state index is 12.8. The lowest BCUT2D eigenvalue weighted by Crippen LogP contribution is -2.35. The molecule has 0 saturated carbocycles. The number of guanidine groups is 1. The number of anilines is 1. The van der Waals surface area contributed by atoms with E-state index in [0.29, 0.717) is 30.5 Å². The van der Waals surface area contributed by atoms with Gasteiger partial charge in [-0.2, -0.15) is 4.31 Å². The largest absolute Gasteiger partial charge is 0.370 e. The molecule has 3 rings (SSSR count). The van der Waals surface area contributed by atoms with Crippen molar-refractivity contribution in [1.29, 1.82) is 0 Å². The first kappa shape index (κ1) is 20.4. The van der Waals surface area contributed by atoms with E-state index in [2.05, 4.69) is 17.2 Å². The molecular weight excluding hydrogens is 372 g/mol. The molecule has 1 saturated heterocycles. The van der Waals surface area contributed by atoms with Crippen molar-refractivity contribution >= 4 is 21.7 Å². The van der Waals surface area contributed by atoms with E-state index in [0.717, 1.165) is 30.5 Å². The van der Waals surface area contributed by atoms with Crippen molar-refractivity contribution in [2.75, 3.05) is 18.4 Å². The van der Waals surface area contributed by atoms with Crippen molar-refractivity contribution in [3.8, 4) is 0 Å². The number of aliphatic imine (C=N–C) groups is 1. The van der Waals surface area contributed by atoms with Gasteiger partial charge in [0.2, 0.25) is 10.0 Å². The summed E-state index contributed by atoms with van der Waals surface area (Å²) in [7, 11) is -3.44. The molecule has 150 valence electrons. The third-order valence-electron chi connectivity index (χ3n) is 5.06. The molecule has 28 heavy (non-hydrogen) atoms. The van der Waals surface area contributed by atoms with Crippen LogP contribution in [0.5, 0.6) is 0 Å². The molecule has 0 amide bonds. The van der Waals surface area contributed by atoms with Crippen LogP contribution < -0.4 is 11.1 Å². The zero-order chi connectivity index (χ0) is 20.1. The van der Waals surface area contributed by atoms with Crippen LogP contribution in [0.1, 0.15) is 36.0 Å². The minimum atomic E-state index is -3.44. The first-order chi connectivity index (χ1) is 13.4. The van der Waals surface area contributed by atoms with Gasteiger partial charge in [-0.15, -0.1) is 0 Å². The van der Waals surface area contributed by atoms with Crippen molar-refractivity contribution in [1.82, 2.24) is 4.31 Å². The van der Waals surface area contributed by atoms with Gasteiger partial charge in [0.15, 0.2) is 5.96 Å². The Morgan fingerprint density at radius 3 is 2.54 bits per heavy atom. The minimum absolute atomic E-state index is 0.299. The summed E-state index contributed by atoms with van der Waals surface area (Å²) in [6, 6.07) is 13.0. The van der Waals surface area contributed by atoms with Gasteiger partial charge < -0.3 is 11.1 Å². The highest BCUT2D eigenvalue weighted by Gasteiger charge is 2.25. The zero-order valence-corrected chi connectivity index (χ0v) is 17.3. The lowest BCUT2D eigenvalue weighted by molar-refractivity contribution is 0.346. The molecule has 0 spiro atoms. The Morgan fingerprint density at radius 1 is 1.07 bits per heavy atom. The number of nitrogens with two attached hydrogens (primary N) is 1. The monoisotopic (exact) mass is 400 g/mol. The Labute approximate surface area is 167 Å². The number of nitrogens with zero attached hydrogens (tertiary/aromatic N) is 2. The van der Waals surface area contributed by atoms with Gasteiger partial charge in [-0.05, 0) is 67.6 Å². The summed E-state index contributed by atoms with van der Waals surface area (Å²) >= 11 is 0. The Hall–Kier alpha value is -2.38. The van der Waals surface area contributed by atoms with E-state index in [-0.39, 0.29) is 0 Å². The summed E-state index contributed by atoms with van der Waals surface area (Å²) in [5, 5.41) is 3.08. The van der Waals surface area contributed by atoms with Crippen LogP contribution in [0.2, 0.25) is 0 Å². The molecule has 0 atom stereocenters. The smallest absolute Gasteiger partial charge is 0.243 e. The minimum Gasteiger partial charge on any atom is -0.370 e. The number of nitrogens with one attached hydrogen (secondary N) is 1. The van der Waals surface area contributed by atoms with E-state index < -0.39 is 10.0 Å². The van der Waals surface area contributed by atoms with Crippen molar-refractivity contribution in [3.05, 3.63) is 59.2 Å². The summed E-state index contributed by atoms with van der Waals surface area (Å²) in [5.41, 5.74) is 10.1. The molecule has 6 nitrogen and oxygen atoms in total. The molecule has 7 heteroatoms. The Bertz CT molecular complexity index is 964. The maximum Gasteiger partial charge on any atom is 0.243 e. The van der Waals surface area contributed by atoms with Gasteiger partial charge in [0, 0.05) is 18.8 Å². The van der Waals surface area contributed by atoms with E-state index in [9.17, 15) is 8.42 Å². The van der Waals surface area contributed by atoms with Crippen LogP contribution in [0, 0.1) is 13.8 Å². The number of piperidine rings is 1. The van der Waals surface area contributed by atoms with E-state index in [1.807, 2.05) is 31.2 Å². The summed E-state index contributed by atoms with van der Waals surface area (Å²) in [6.45, 7) is 5.60. The second-order valence-corrected chi connectivity index (χ2v) is 9.18. The second kappa shape index (κ2) is 8.75. The van der Waals surface area contributed by atoms with Gasteiger partial charge in [0.1, 0.15) is 0 Å². The van der Waals surface area contributed by atoms with Gasteiger partial charge in [0.25, 0.3) is 0 Å². The quantitative estimate of drug-likeness (QED) is 0.595. The average Bonchev–Trinajstić information content (AvgIpc) is 2.70. The molecule has 3 N–H and O–H groups in total. The average molecular weight is 401 g/mol. The topological polar surface area (TPSA) is 87.8 Å². The Morgan fingerprint density at radius 2 is 1.82 bits per heavy atom. The summed E-state index contributed by atoms with van der Waals surface area (Å²) in [5.74, 6) is 0.299. The van der Waals surface area contributed by atoms with Crippen LogP contribution in [-0.2, 0) is 16.6 Å². The number of benzene rings is 2. The van der Waals surface area contributed by atoms with Crippen LogP contribution in [0.25, 0.3) is 0 Å². The number of sulfonamides is 1. The first-order valence-corrected chi connectivity index (χ1v) is 11.0. The van der Waals surface area contributed by atoms with Crippen molar-refractivity contribution in [2.24, 2.45) is 10.7 Å². The molecule has 0 radical (unpaired) electrons. The van der Waals surface area contributed by atoms with Gasteiger partial charge in [0.05, 0.1) is 11.4 Å². The van der Waals surface area contributed by atoms with Gasteiger partial charge in [-0.25, -0.2) is 13.4 Å². The van der Waals surface area contributed by atoms with Crippen LogP contribution in [0.15, 0.2) is 52.4 Å². The second-order valence-electron chi connectivity index (χ2n) is 7.24. The van der Waals surface area contributed by atoms with E-state index in [1.54, 1.807) is 22.5 Å². The summed E-state index contributed by atoms with van der Waals surface area (Å²) in [4.78, 5) is 4.67. The first-order valence-electron chi connectivity index (χ1n) is 9.59. The van der Waals surface area contributed by atoms with Gasteiger partial charge in [-0.3, -0.25) is 0 Å². The highest BCUT2D eigenvalue weighted by molar-refractivity contribution is 7.89. The summed E-state index contributed by atoms with van der Waals surface area (Å²) < 4.78 is 27.2. The molecule has 0 bridgehead atoms. The molecule has 0 aliphatic carbocycles. The molecule has 0 unspecified atom stereocenters. The van der Waals surface area contributed by atoms with Crippen LogP contribution in [0.3, 0.4) is 0 Å². The standard InChI is InChI=1S/C21H28N4O2S/c1-16-9-10-19(13-17(16)2)24-21(22)23-15-18-7-6-8-20(14-18)28(26,27)25-11-4-3-5-12-25/h6-10,13-14H,3-5,11-12,15H2,1-2H3,(H3,22,23,24). The number of aryl methyl sites for hydroxylation is 2. The van der Waals surface area contributed by atoms with E-state index in [1.165, 1.54) is 11.1 Å². The predicted molar refractivity (Wildman–Crippen MR) is 114 cm³/mol. The number of hydrogen-bond donors (Lipinski definition) is 2. The Balaban J connectivity index is 1.70. The molecule has 0 aromatic heterocycles. The molecule has 1 heterocycles. The fraction of sp³-hybridized carbons (Fsp3) is 0.381. The molecule has 1 aliphatic heterocycles. The van der Waals surface area contributed by atoms with Crippen molar-refractivity contribution in [3.63, 3.8) is 0 Å². The maximum absolute atomic E-state index is 12.8.